The van der Waals surface area contributed by atoms with Gasteiger partial charge in [0, 0.05) is 6.16 Å². The second-order valence-corrected chi connectivity index (χ2v) is 9.69. The molecule has 0 aromatic heterocycles. The lowest BCUT2D eigenvalue weighted by molar-refractivity contribution is -0.138. The summed E-state index contributed by atoms with van der Waals surface area (Å²) in [7, 11) is -3.70. The molecule has 0 spiro atoms. The van der Waals surface area contributed by atoms with Gasteiger partial charge in [-0.2, -0.15) is 0 Å². The van der Waals surface area contributed by atoms with Crippen LogP contribution in [0.1, 0.15) is 30.4 Å². The number of carbonyl (C=O) groups is 1. The first-order valence-corrected chi connectivity index (χ1v) is 11.4. The maximum atomic E-state index is 13.3. The number of aliphatic carboxylic acids is 1. The molecule has 3 atom stereocenters. The number of hydrogen-bond acceptors (Lipinski definition) is 2. The zero-order chi connectivity index (χ0) is 20.1. The third-order valence-electron chi connectivity index (χ3n) is 5.33. The minimum absolute atomic E-state index is 0.0656. The molecule has 0 bridgehead atoms. The summed E-state index contributed by atoms with van der Waals surface area (Å²) in [5.74, 6) is -2.05. The monoisotopic (exact) mass is 396 g/mol. The molecule has 5 heteroatoms. The molecular weight excluding hydrogens is 371 g/mol. The fourth-order valence-electron chi connectivity index (χ4n) is 3.90. The Kier molecular flexibility index (Phi) is 6.33. The van der Waals surface area contributed by atoms with Crippen molar-refractivity contribution < 1.29 is 19.4 Å². The van der Waals surface area contributed by atoms with Crippen LogP contribution >= 0.6 is 7.37 Å². The van der Waals surface area contributed by atoms with E-state index in [9.17, 15) is 19.4 Å². The van der Waals surface area contributed by atoms with Crippen LogP contribution in [-0.4, -0.2) is 27.8 Å². The lowest BCUT2D eigenvalue weighted by atomic mass is 9.94. The Morgan fingerprint density at radius 2 is 1.61 bits per heavy atom. The summed E-state index contributed by atoms with van der Waals surface area (Å²) < 4.78 is 13.3. The van der Waals surface area contributed by atoms with Crippen LogP contribution in [-0.2, 0) is 15.8 Å². The first kappa shape index (κ1) is 20.3. The van der Waals surface area contributed by atoms with Crippen LogP contribution < -0.4 is 0 Å². The van der Waals surface area contributed by atoms with Crippen molar-refractivity contribution in [3.63, 3.8) is 0 Å². The summed E-state index contributed by atoms with van der Waals surface area (Å²) in [4.78, 5) is 22.8. The number of carboxylic acids is 1. The van der Waals surface area contributed by atoms with E-state index in [1.807, 2.05) is 48.5 Å². The van der Waals surface area contributed by atoms with Gasteiger partial charge >= 0.3 is 5.97 Å². The molecule has 3 aromatic carbocycles. The molecule has 0 amide bonds. The van der Waals surface area contributed by atoms with E-state index in [4.69, 9.17) is 0 Å². The summed E-state index contributed by atoms with van der Waals surface area (Å²) in [6, 6.07) is 22.6. The molecule has 0 saturated carbocycles. The fourth-order valence-corrected chi connectivity index (χ4v) is 6.13. The smallest absolute Gasteiger partial charge is 0.311 e. The van der Waals surface area contributed by atoms with E-state index in [0.29, 0.717) is 18.4 Å². The molecule has 0 fully saturated rings. The molecule has 3 rings (SSSR count). The highest BCUT2D eigenvalue weighted by atomic mass is 31.2. The van der Waals surface area contributed by atoms with Crippen LogP contribution in [0.5, 0.6) is 0 Å². The minimum Gasteiger partial charge on any atom is -0.481 e. The van der Waals surface area contributed by atoms with Crippen molar-refractivity contribution in [1.29, 1.82) is 0 Å². The van der Waals surface area contributed by atoms with Crippen LogP contribution in [0.4, 0.5) is 0 Å². The largest absolute Gasteiger partial charge is 0.481 e. The van der Waals surface area contributed by atoms with Crippen molar-refractivity contribution in [2.24, 2.45) is 0 Å². The molecule has 0 aliphatic rings. The standard InChI is InChI=1S/C23H25O4P/c1-2-21(22(23(24)25)19-10-4-3-5-11-19)28(26,27)16-15-18-13-8-12-17-9-6-7-14-20(17)18/h3-14,21-22H,2,15-16H2,1H3,(H,24,25)(H,26,27). The van der Waals surface area contributed by atoms with Gasteiger partial charge in [-0.25, -0.2) is 0 Å². The average Bonchev–Trinajstić information content (AvgIpc) is 2.70. The molecule has 146 valence electrons. The number of carboxylic acid groups (broad SMARTS) is 1. The predicted molar refractivity (Wildman–Crippen MR) is 113 cm³/mol. The summed E-state index contributed by atoms with van der Waals surface area (Å²) in [6.45, 7) is 1.78. The van der Waals surface area contributed by atoms with Crippen molar-refractivity contribution in [2.75, 3.05) is 6.16 Å². The molecule has 0 aliphatic heterocycles. The predicted octanol–water partition coefficient (Wildman–Crippen LogP) is 5.30. The van der Waals surface area contributed by atoms with Crippen LogP contribution in [0.15, 0.2) is 72.8 Å². The summed E-state index contributed by atoms with van der Waals surface area (Å²) in [6.07, 6.45) is 0.831. The Balaban J connectivity index is 1.87. The number of rotatable bonds is 8. The quantitative estimate of drug-likeness (QED) is 0.507. The van der Waals surface area contributed by atoms with Gasteiger partial charge in [0.15, 0.2) is 0 Å². The molecular formula is C23H25O4P. The van der Waals surface area contributed by atoms with Gasteiger partial charge in [0.1, 0.15) is 0 Å². The molecule has 0 aliphatic carbocycles. The topological polar surface area (TPSA) is 74.6 Å². The van der Waals surface area contributed by atoms with Crippen molar-refractivity contribution in [3.8, 4) is 0 Å². The average molecular weight is 396 g/mol. The van der Waals surface area contributed by atoms with Crippen LogP contribution in [0.25, 0.3) is 10.8 Å². The molecule has 3 unspecified atom stereocenters. The van der Waals surface area contributed by atoms with E-state index in [1.54, 1.807) is 31.2 Å². The van der Waals surface area contributed by atoms with Gasteiger partial charge in [-0.1, -0.05) is 79.7 Å². The highest BCUT2D eigenvalue weighted by Crippen LogP contribution is 2.53. The van der Waals surface area contributed by atoms with Gasteiger partial charge in [0.05, 0.1) is 11.6 Å². The first-order valence-electron chi connectivity index (χ1n) is 9.50. The third-order valence-corrected chi connectivity index (χ3v) is 7.89. The highest BCUT2D eigenvalue weighted by Gasteiger charge is 2.40. The molecule has 0 radical (unpaired) electrons. The number of aryl methyl sites for hydroxylation is 1. The molecule has 0 heterocycles. The molecule has 4 nitrogen and oxygen atoms in total. The Hall–Kier alpha value is -2.42. The molecule has 0 saturated heterocycles. The van der Waals surface area contributed by atoms with Gasteiger partial charge < -0.3 is 10.00 Å². The van der Waals surface area contributed by atoms with E-state index in [-0.39, 0.29) is 6.16 Å². The first-order chi connectivity index (χ1) is 13.4. The van der Waals surface area contributed by atoms with E-state index in [2.05, 4.69) is 0 Å². The minimum atomic E-state index is -3.70. The third kappa shape index (κ3) is 4.35. The van der Waals surface area contributed by atoms with Gasteiger partial charge in [0.25, 0.3) is 0 Å². The van der Waals surface area contributed by atoms with Gasteiger partial charge in [-0.3, -0.25) is 9.36 Å². The van der Waals surface area contributed by atoms with Crippen molar-refractivity contribution in [1.82, 2.24) is 0 Å². The Morgan fingerprint density at radius 3 is 2.29 bits per heavy atom. The lowest BCUT2D eigenvalue weighted by Gasteiger charge is -2.28. The summed E-state index contributed by atoms with van der Waals surface area (Å²) in [5, 5.41) is 11.9. The summed E-state index contributed by atoms with van der Waals surface area (Å²) in [5.41, 5.74) is 0.762. The van der Waals surface area contributed by atoms with E-state index >= 15 is 0 Å². The van der Waals surface area contributed by atoms with Gasteiger partial charge in [0.2, 0.25) is 7.37 Å². The maximum absolute atomic E-state index is 13.3. The van der Waals surface area contributed by atoms with Crippen LogP contribution in [0.3, 0.4) is 0 Å². The molecule has 28 heavy (non-hydrogen) atoms. The fraction of sp³-hybridized carbons (Fsp3) is 0.261. The van der Waals surface area contributed by atoms with Gasteiger partial charge in [-0.15, -0.1) is 0 Å². The van der Waals surface area contributed by atoms with E-state index in [1.165, 1.54) is 0 Å². The number of benzene rings is 3. The summed E-state index contributed by atoms with van der Waals surface area (Å²) >= 11 is 0. The SMILES string of the molecule is CCC(C(C(=O)O)c1ccccc1)P(=O)(O)CCc1cccc2ccccc12. The Morgan fingerprint density at radius 1 is 0.964 bits per heavy atom. The zero-order valence-corrected chi connectivity index (χ0v) is 16.8. The second kappa shape index (κ2) is 8.72. The number of hydrogen-bond donors (Lipinski definition) is 2. The normalized spacial score (nSPS) is 15.6. The highest BCUT2D eigenvalue weighted by molar-refractivity contribution is 7.58. The lowest BCUT2D eigenvalue weighted by Crippen LogP contribution is -2.27. The van der Waals surface area contributed by atoms with Crippen molar-refractivity contribution in [3.05, 3.63) is 83.9 Å². The molecule has 3 aromatic rings. The maximum Gasteiger partial charge on any atom is 0.311 e. The second-order valence-electron chi connectivity index (χ2n) is 7.07. The van der Waals surface area contributed by atoms with Gasteiger partial charge in [-0.05, 0) is 34.7 Å². The van der Waals surface area contributed by atoms with Crippen LogP contribution in [0.2, 0.25) is 0 Å². The van der Waals surface area contributed by atoms with Crippen LogP contribution in [0, 0.1) is 0 Å². The number of fused-ring (bicyclic) bond motifs is 1. The van der Waals surface area contributed by atoms with Crippen molar-refractivity contribution >= 4 is 24.1 Å². The van der Waals surface area contributed by atoms with E-state index < -0.39 is 24.9 Å². The molecule has 2 N–H and O–H groups in total. The van der Waals surface area contributed by atoms with E-state index in [0.717, 1.165) is 16.3 Å². The van der Waals surface area contributed by atoms with Crippen molar-refractivity contribution in [2.45, 2.75) is 31.3 Å². The Labute approximate surface area is 165 Å². The Bertz CT molecular complexity index is 994. The zero-order valence-electron chi connectivity index (χ0n) is 15.9.